The second-order valence-corrected chi connectivity index (χ2v) is 23.4. The minimum Gasteiger partial charge on any atom is -0.370 e. The predicted octanol–water partition coefficient (Wildman–Crippen LogP) is 0.688. The van der Waals surface area contributed by atoms with Crippen LogP contribution in [0.1, 0.15) is 120 Å². The molecule has 0 aliphatic rings. The fraction of sp³-hybridized carbons (Fsp3) is 0.462. The molecule has 0 saturated carbocycles. The number of primary amides is 1. The van der Waals surface area contributed by atoms with Gasteiger partial charge in [-0.1, -0.05) is 87.2 Å². The van der Waals surface area contributed by atoms with Gasteiger partial charge in [0, 0.05) is 103 Å². The zero-order valence-corrected chi connectivity index (χ0v) is 53.5. The lowest BCUT2D eigenvalue weighted by Crippen LogP contribution is -2.60. The standard InChI is InChI=1S/C65H95N21O8/c1-2-3-4-5-6-28-55(87)74-29-14-13-25-49(56(67)88)81-60(92)53(34-40-37-79-47-23-11-8-19-43(40)47)85-58(90)51(27-17-32-77-65(72)73)83-62(94)54(35-41-38-80-48-24-12-9-20-44(41)48)86-59(91)50(26-16-31-76-64(70)71)82-61(93)52(33-39-36-78-46-22-10-7-18-42(39)46)84-57(89)45(66)21-15-30-75-63(68)69/h7-12,18-20,22-24,36-38,45,49-54,78-80H,2-6,13-17,21,25-35,66H2,1H3,(H2,67,88)(H,74,87)(H,81,92)(H,82,93)(H,83,94)(H,84,89)(H,85,90)(H,86,91)(H4,68,69,75)(H4,70,71,76)(H4,72,73,77)/t45-,49+,50+,51-,52-,53+,54+/m1/s1. The van der Waals surface area contributed by atoms with Gasteiger partial charge in [-0.25, -0.2) is 0 Å². The Balaban J connectivity index is 1.28. The summed E-state index contributed by atoms with van der Waals surface area (Å²) in [6.45, 7) is 2.79. The van der Waals surface area contributed by atoms with Crippen LogP contribution < -0.4 is 83.1 Å². The SMILES string of the molecule is CCCCCCCC(=O)NCCCC[C@H](NC(=O)[C@H](Cc1c[nH]c2ccccc12)NC(=O)[C@@H](CCCN=C(N)N)NC(=O)[C@H](Cc1c[nH]c2ccccc12)NC(=O)[C@H](CCCN=C(N)N)NC(=O)[C@@H](Cc1c[nH]c2ccccc12)NC(=O)[C@H](N)CCCN=C(N)N)C(N)=O. The lowest BCUT2D eigenvalue weighted by atomic mass is 10.0. The molecule has 0 bridgehead atoms. The summed E-state index contributed by atoms with van der Waals surface area (Å²) in [7, 11) is 0. The molecule has 0 fully saturated rings. The van der Waals surface area contributed by atoms with Crippen LogP contribution in [-0.4, -0.2) is 149 Å². The van der Waals surface area contributed by atoms with Crippen molar-refractivity contribution in [1.82, 2.24) is 52.2 Å². The molecule has 3 aromatic heterocycles. The Morgan fingerprint density at radius 1 is 0.404 bits per heavy atom. The van der Waals surface area contributed by atoms with Gasteiger partial charge in [-0.05, 0) is 99.1 Å². The smallest absolute Gasteiger partial charge is 0.243 e. The van der Waals surface area contributed by atoms with Crippen molar-refractivity contribution in [3.05, 3.63) is 108 Å². The van der Waals surface area contributed by atoms with Crippen LogP contribution >= 0.6 is 0 Å². The molecule has 8 amide bonds. The van der Waals surface area contributed by atoms with Gasteiger partial charge < -0.3 is 98.0 Å². The number of aromatic amines is 3. The molecule has 0 saturated heterocycles. The maximum Gasteiger partial charge on any atom is 0.243 e. The summed E-state index contributed by atoms with van der Waals surface area (Å²) in [5.41, 5.74) is 50.1. The summed E-state index contributed by atoms with van der Waals surface area (Å²) >= 11 is 0. The highest BCUT2D eigenvalue weighted by Crippen LogP contribution is 2.23. The molecule has 0 aliphatic carbocycles. The minimum absolute atomic E-state index is 0.0358. The van der Waals surface area contributed by atoms with Crippen LogP contribution in [0.2, 0.25) is 0 Å². The molecule has 26 N–H and O–H groups in total. The summed E-state index contributed by atoms with van der Waals surface area (Å²) in [5.74, 6) is -6.03. The van der Waals surface area contributed by atoms with Gasteiger partial charge >= 0.3 is 0 Å². The van der Waals surface area contributed by atoms with E-state index in [2.05, 4.69) is 74.1 Å². The lowest BCUT2D eigenvalue weighted by molar-refractivity contribution is -0.135. The number of carbonyl (C=O) groups excluding carboxylic acids is 8. The van der Waals surface area contributed by atoms with E-state index in [0.29, 0.717) is 48.9 Å². The Morgan fingerprint density at radius 3 is 1.16 bits per heavy atom. The number of unbranched alkanes of at least 4 members (excludes halogenated alkanes) is 5. The number of amides is 8. The van der Waals surface area contributed by atoms with Crippen LogP contribution in [0, 0.1) is 0 Å². The summed E-state index contributed by atoms with van der Waals surface area (Å²) in [5, 5.41) is 22.1. The van der Waals surface area contributed by atoms with E-state index in [1.165, 1.54) is 0 Å². The maximum absolute atomic E-state index is 15.2. The van der Waals surface area contributed by atoms with E-state index in [9.17, 15) is 24.0 Å². The molecule has 94 heavy (non-hydrogen) atoms. The van der Waals surface area contributed by atoms with E-state index in [0.717, 1.165) is 64.8 Å². The van der Waals surface area contributed by atoms with Gasteiger partial charge in [-0.15, -0.1) is 0 Å². The fourth-order valence-electron chi connectivity index (χ4n) is 11.0. The van der Waals surface area contributed by atoms with Gasteiger partial charge in [-0.3, -0.25) is 53.3 Å². The van der Waals surface area contributed by atoms with Gasteiger partial charge in [0.15, 0.2) is 17.9 Å². The monoisotopic (exact) mass is 1300 g/mol. The maximum atomic E-state index is 15.2. The Labute approximate surface area is 546 Å². The molecular weight excluding hydrogens is 1200 g/mol. The van der Waals surface area contributed by atoms with Gasteiger partial charge in [0.2, 0.25) is 47.3 Å². The molecular formula is C65H95N21O8. The first-order valence-corrected chi connectivity index (χ1v) is 32.2. The number of nitrogens with zero attached hydrogens (tertiary/aromatic N) is 3. The highest BCUT2D eigenvalue weighted by atomic mass is 16.2. The normalized spacial score (nSPS) is 13.4. The molecule has 0 unspecified atom stereocenters. The molecule has 0 spiro atoms. The van der Waals surface area contributed by atoms with Crippen LogP contribution in [0.15, 0.2) is 106 Å². The summed E-state index contributed by atoms with van der Waals surface area (Å²) in [4.78, 5) is 136. The first kappa shape index (κ1) is 72.9. The number of rotatable bonds is 42. The van der Waals surface area contributed by atoms with Crippen LogP contribution in [0.3, 0.4) is 0 Å². The number of aromatic nitrogens is 3. The van der Waals surface area contributed by atoms with Gasteiger partial charge in [-0.2, -0.15) is 0 Å². The first-order chi connectivity index (χ1) is 45.2. The number of aliphatic imine (C=N–C) groups is 3. The Morgan fingerprint density at radius 2 is 0.755 bits per heavy atom. The number of nitrogens with one attached hydrogen (secondary N) is 10. The second-order valence-electron chi connectivity index (χ2n) is 23.4. The average molecular weight is 1300 g/mol. The zero-order chi connectivity index (χ0) is 67.9. The van der Waals surface area contributed by atoms with Gasteiger partial charge in [0.25, 0.3) is 0 Å². The Bertz CT molecular complexity index is 3560. The third-order valence-corrected chi connectivity index (χ3v) is 16.1. The second kappa shape index (κ2) is 38.0. The number of carbonyl (C=O) groups is 8. The number of fused-ring (bicyclic) bond motifs is 3. The van der Waals surface area contributed by atoms with Crippen molar-refractivity contribution in [2.45, 2.75) is 165 Å². The minimum atomic E-state index is -1.46. The first-order valence-electron chi connectivity index (χ1n) is 32.2. The third kappa shape index (κ3) is 23.8. The number of nitrogens with two attached hydrogens (primary N) is 8. The number of benzene rings is 3. The number of para-hydroxylation sites is 3. The van der Waals surface area contributed by atoms with Gasteiger partial charge in [0.1, 0.15) is 36.3 Å². The molecule has 3 heterocycles. The molecule has 0 radical (unpaired) electrons. The van der Waals surface area contributed by atoms with Crippen LogP contribution in [-0.2, 0) is 57.6 Å². The molecule has 29 nitrogen and oxygen atoms in total. The lowest BCUT2D eigenvalue weighted by Gasteiger charge is -2.28. The number of guanidine groups is 3. The number of H-pyrrole nitrogens is 3. The molecule has 6 rings (SSSR count). The van der Waals surface area contributed by atoms with E-state index < -0.39 is 83.6 Å². The summed E-state index contributed by atoms with van der Waals surface area (Å²) in [6.07, 6.45) is 12.1. The summed E-state index contributed by atoms with van der Waals surface area (Å²) < 4.78 is 0. The highest BCUT2D eigenvalue weighted by molar-refractivity contribution is 5.99. The van der Waals surface area contributed by atoms with Crippen molar-refractivity contribution in [3.8, 4) is 0 Å². The predicted molar refractivity (Wildman–Crippen MR) is 365 cm³/mol. The number of hydrogen-bond donors (Lipinski definition) is 18. The van der Waals surface area contributed by atoms with Crippen molar-refractivity contribution in [3.63, 3.8) is 0 Å². The van der Waals surface area contributed by atoms with Crippen LogP contribution in [0.5, 0.6) is 0 Å². The molecule has 0 aliphatic heterocycles. The van der Waals surface area contributed by atoms with E-state index >= 15 is 14.4 Å². The quantitative estimate of drug-likeness (QED) is 0.0142. The number of hydrogen-bond acceptors (Lipinski definition) is 12. The van der Waals surface area contributed by atoms with E-state index in [1.807, 2.05) is 72.8 Å². The van der Waals surface area contributed by atoms with E-state index in [4.69, 9.17) is 45.9 Å². The fourth-order valence-corrected chi connectivity index (χ4v) is 11.0. The molecule has 3 aromatic carbocycles. The largest absolute Gasteiger partial charge is 0.370 e. The van der Waals surface area contributed by atoms with Crippen molar-refractivity contribution >= 4 is 97.8 Å². The van der Waals surface area contributed by atoms with E-state index in [1.54, 1.807) is 18.6 Å². The van der Waals surface area contributed by atoms with Crippen molar-refractivity contribution in [1.29, 1.82) is 0 Å². The Hall–Kier alpha value is -10.2. The zero-order valence-electron chi connectivity index (χ0n) is 53.5. The van der Waals surface area contributed by atoms with Crippen molar-refractivity contribution in [2.24, 2.45) is 60.8 Å². The van der Waals surface area contributed by atoms with Crippen LogP contribution in [0.4, 0.5) is 0 Å². The van der Waals surface area contributed by atoms with Gasteiger partial charge in [0.05, 0.1) is 6.04 Å². The Kier molecular flexibility index (Phi) is 29.4. The summed E-state index contributed by atoms with van der Waals surface area (Å²) in [6, 6.07) is 12.9. The van der Waals surface area contributed by atoms with Crippen molar-refractivity contribution in [2.75, 3.05) is 26.2 Å². The molecule has 29 heteroatoms. The third-order valence-electron chi connectivity index (χ3n) is 16.1. The average Bonchev–Trinajstić information content (AvgIpc) is 1.67. The molecule has 508 valence electrons. The van der Waals surface area contributed by atoms with Crippen molar-refractivity contribution < 1.29 is 38.4 Å². The highest BCUT2D eigenvalue weighted by Gasteiger charge is 2.35. The van der Waals surface area contributed by atoms with Crippen LogP contribution in [0.25, 0.3) is 32.7 Å². The molecule has 7 atom stereocenters. The van der Waals surface area contributed by atoms with E-state index in [-0.39, 0.29) is 101 Å². The molecule has 6 aromatic rings. The topological polar surface area (TPSA) is 513 Å².